The summed E-state index contributed by atoms with van der Waals surface area (Å²) >= 11 is 0. The molecule has 0 saturated heterocycles. The third kappa shape index (κ3) is 4.21. The van der Waals surface area contributed by atoms with Gasteiger partial charge in [-0.3, -0.25) is 9.69 Å². The van der Waals surface area contributed by atoms with Crippen molar-refractivity contribution in [2.45, 2.75) is 19.5 Å². The van der Waals surface area contributed by atoms with Gasteiger partial charge in [-0.15, -0.1) is 5.10 Å². The van der Waals surface area contributed by atoms with Gasteiger partial charge in [0.2, 0.25) is 11.6 Å². The Morgan fingerprint density at radius 1 is 1.18 bits per heavy atom. The summed E-state index contributed by atoms with van der Waals surface area (Å²) in [4.78, 5) is 15.1. The van der Waals surface area contributed by atoms with Crippen LogP contribution in [0.5, 0.6) is 5.75 Å². The Morgan fingerprint density at radius 2 is 1.97 bits per heavy atom. The lowest BCUT2D eigenvalue weighted by atomic mass is 10.00. The number of amides is 1. The van der Waals surface area contributed by atoms with Gasteiger partial charge >= 0.3 is 0 Å². The lowest BCUT2D eigenvalue weighted by Crippen LogP contribution is -2.32. The van der Waals surface area contributed by atoms with Crippen molar-refractivity contribution in [3.63, 3.8) is 0 Å². The fourth-order valence-corrected chi connectivity index (χ4v) is 3.84. The highest BCUT2D eigenvalue weighted by molar-refractivity contribution is 5.94. The molecule has 1 aliphatic rings. The number of rotatable bonds is 6. The van der Waals surface area contributed by atoms with Crippen molar-refractivity contribution in [1.29, 1.82) is 0 Å². The summed E-state index contributed by atoms with van der Waals surface area (Å²) in [6, 6.07) is 14.9. The number of phenolic OH excluding ortho intramolecular Hbond substituents is 1. The molecule has 2 aromatic heterocycles. The average molecular weight is 459 g/mol. The number of carbonyl (C=O) groups is 1. The van der Waals surface area contributed by atoms with E-state index >= 15 is 0 Å². The lowest BCUT2D eigenvalue weighted by molar-refractivity contribution is 0.0947. The first kappa shape index (κ1) is 21.3. The van der Waals surface area contributed by atoms with E-state index in [-0.39, 0.29) is 23.1 Å². The molecular weight excluding hydrogens is 438 g/mol. The highest BCUT2D eigenvalue weighted by Gasteiger charge is 2.27. The summed E-state index contributed by atoms with van der Waals surface area (Å²) in [5, 5.41) is 29.3. The van der Waals surface area contributed by atoms with E-state index in [2.05, 4.69) is 48.2 Å². The number of phenols is 1. The van der Waals surface area contributed by atoms with Gasteiger partial charge in [0.25, 0.3) is 5.91 Å². The Bertz CT molecular complexity index is 1360. The molecule has 12 nitrogen and oxygen atoms in total. The number of anilines is 1. The van der Waals surface area contributed by atoms with Crippen LogP contribution in [-0.2, 0) is 19.5 Å². The van der Waals surface area contributed by atoms with Gasteiger partial charge in [-0.25, -0.2) is 10.1 Å². The minimum absolute atomic E-state index is 0.0275. The van der Waals surface area contributed by atoms with E-state index in [9.17, 15) is 9.90 Å². The molecule has 4 aromatic rings. The van der Waals surface area contributed by atoms with Crippen LogP contribution in [0.15, 0.2) is 58.3 Å². The van der Waals surface area contributed by atoms with Crippen molar-refractivity contribution >= 4 is 17.9 Å². The normalized spacial score (nSPS) is 13.8. The fourth-order valence-electron chi connectivity index (χ4n) is 3.84. The Morgan fingerprint density at radius 3 is 2.76 bits per heavy atom. The maximum atomic E-state index is 12.9. The number of fused-ring (bicyclic) bond motifs is 1. The minimum Gasteiger partial charge on any atom is -0.507 e. The molecule has 172 valence electrons. The van der Waals surface area contributed by atoms with Crippen LogP contribution in [0.1, 0.15) is 32.9 Å². The zero-order chi connectivity index (χ0) is 23.5. The van der Waals surface area contributed by atoms with Crippen LogP contribution in [0.25, 0.3) is 5.82 Å². The second-order valence-corrected chi connectivity index (χ2v) is 7.76. The van der Waals surface area contributed by atoms with Gasteiger partial charge in [0.1, 0.15) is 5.75 Å². The van der Waals surface area contributed by atoms with Crippen molar-refractivity contribution in [2.75, 3.05) is 12.3 Å². The van der Waals surface area contributed by atoms with Gasteiger partial charge in [0, 0.05) is 25.2 Å². The molecule has 0 atom stereocenters. The maximum Gasteiger partial charge on any atom is 0.293 e. The smallest absolute Gasteiger partial charge is 0.293 e. The summed E-state index contributed by atoms with van der Waals surface area (Å²) < 4.78 is 6.07. The molecule has 0 radical (unpaired) electrons. The zero-order valence-corrected chi connectivity index (χ0v) is 18.0. The number of nitrogens with zero attached hydrogens (tertiary/aromatic N) is 7. The van der Waals surface area contributed by atoms with Crippen LogP contribution in [-0.4, -0.2) is 54.0 Å². The molecule has 0 unspecified atom stereocenters. The number of hydrazone groups is 1. The summed E-state index contributed by atoms with van der Waals surface area (Å²) in [6.07, 6.45) is 2.23. The predicted molar refractivity (Wildman–Crippen MR) is 121 cm³/mol. The Balaban J connectivity index is 1.41. The highest BCUT2D eigenvalue weighted by Crippen LogP contribution is 2.23. The monoisotopic (exact) mass is 459 g/mol. The number of nitrogens with one attached hydrogen (secondary N) is 1. The SMILES string of the molecule is Nc1nonc1-n1nnc(C(=O)N/N=C/c2ccccc2O)c1CN1CCc2ccccc2C1. The molecule has 3 heterocycles. The van der Waals surface area contributed by atoms with Crippen LogP contribution < -0.4 is 11.2 Å². The zero-order valence-electron chi connectivity index (χ0n) is 18.0. The topological polar surface area (TPSA) is 161 Å². The van der Waals surface area contributed by atoms with E-state index in [1.165, 1.54) is 28.1 Å². The second-order valence-electron chi connectivity index (χ2n) is 7.76. The quantitative estimate of drug-likeness (QED) is 0.285. The van der Waals surface area contributed by atoms with Crippen molar-refractivity contribution in [3.05, 3.63) is 76.6 Å². The highest BCUT2D eigenvalue weighted by atomic mass is 16.6. The molecule has 1 aliphatic heterocycles. The summed E-state index contributed by atoms with van der Waals surface area (Å²) in [5.74, 6) is -0.344. The van der Waals surface area contributed by atoms with Crippen LogP contribution >= 0.6 is 0 Å². The lowest BCUT2D eigenvalue weighted by Gasteiger charge is -2.28. The maximum absolute atomic E-state index is 12.9. The van der Waals surface area contributed by atoms with Crippen molar-refractivity contribution in [2.24, 2.45) is 5.10 Å². The molecule has 0 bridgehead atoms. The third-order valence-corrected chi connectivity index (χ3v) is 5.56. The van der Waals surface area contributed by atoms with Crippen LogP contribution in [0.4, 0.5) is 5.82 Å². The Kier molecular flexibility index (Phi) is 5.70. The van der Waals surface area contributed by atoms with E-state index in [4.69, 9.17) is 10.4 Å². The van der Waals surface area contributed by atoms with Gasteiger partial charge < -0.3 is 10.8 Å². The Labute approximate surface area is 193 Å². The van der Waals surface area contributed by atoms with Gasteiger partial charge in [-0.1, -0.05) is 41.6 Å². The number of aromatic nitrogens is 5. The fraction of sp³-hybridized carbons (Fsp3) is 0.182. The van der Waals surface area contributed by atoms with E-state index < -0.39 is 5.91 Å². The van der Waals surface area contributed by atoms with Crippen molar-refractivity contribution in [1.82, 2.24) is 35.6 Å². The van der Waals surface area contributed by atoms with Crippen molar-refractivity contribution < 1.29 is 14.5 Å². The van der Waals surface area contributed by atoms with Crippen LogP contribution in [0.2, 0.25) is 0 Å². The van der Waals surface area contributed by atoms with Crippen molar-refractivity contribution in [3.8, 4) is 11.6 Å². The third-order valence-electron chi connectivity index (χ3n) is 5.56. The minimum atomic E-state index is -0.569. The number of aromatic hydroxyl groups is 1. The largest absolute Gasteiger partial charge is 0.507 e. The van der Waals surface area contributed by atoms with E-state index in [1.54, 1.807) is 18.2 Å². The molecular formula is C22H21N9O3. The standard InChI is InChI=1S/C22H21N9O3/c23-20-21(28-34-27-20)31-17(13-30-10-9-14-5-1-2-7-16(14)12-30)19(25-29-31)22(33)26-24-11-15-6-3-4-8-18(15)32/h1-8,11,32H,9-10,12-13H2,(H2,23,27)(H,26,33)/b24-11+. The number of hydrogen-bond donors (Lipinski definition) is 3. The number of carbonyl (C=O) groups excluding carboxylic acids is 1. The van der Waals surface area contributed by atoms with E-state index in [1.807, 2.05) is 12.1 Å². The second kappa shape index (κ2) is 9.11. The molecule has 0 spiro atoms. The summed E-state index contributed by atoms with van der Waals surface area (Å²) in [7, 11) is 0. The molecule has 0 saturated carbocycles. The first-order chi connectivity index (χ1) is 16.6. The van der Waals surface area contributed by atoms with E-state index in [0.29, 0.717) is 24.3 Å². The molecule has 1 amide bonds. The number of nitrogen functional groups attached to an aromatic ring is 1. The Hall–Kier alpha value is -4.58. The van der Waals surface area contributed by atoms with Crippen LogP contribution in [0.3, 0.4) is 0 Å². The molecule has 4 N–H and O–H groups in total. The first-order valence-electron chi connectivity index (χ1n) is 10.5. The summed E-state index contributed by atoms with van der Waals surface area (Å²) in [6.45, 7) is 1.86. The molecule has 12 heteroatoms. The molecule has 5 rings (SSSR count). The number of benzene rings is 2. The predicted octanol–water partition coefficient (Wildman–Crippen LogP) is 1.26. The van der Waals surface area contributed by atoms with E-state index in [0.717, 1.165) is 13.0 Å². The average Bonchev–Trinajstić information content (AvgIpc) is 3.45. The molecule has 0 fully saturated rings. The van der Waals surface area contributed by atoms with Gasteiger partial charge in [-0.2, -0.15) is 9.78 Å². The number of hydrogen-bond acceptors (Lipinski definition) is 10. The number of para-hydroxylation sites is 1. The molecule has 0 aliphatic carbocycles. The van der Waals surface area contributed by atoms with Crippen LogP contribution in [0, 0.1) is 0 Å². The summed E-state index contributed by atoms with van der Waals surface area (Å²) in [5.41, 5.74) is 11.8. The van der Waals surface area contributed by atoms with Gasteiger partial charge in [0.05, 0.1) is 11.9 Å². The van der Waals surface area contributed by atoms with Gasteiger partial charge in [-0.05, 0) is 40.0 Å². The molecule has 34 heavy (non-hydrogen) atoms. The molecule has 2 aromatic carbocycles. The first-order valence-corrected chi connectivity index (χ1v) is 10.5. The van der Waals surface area contributed by atoms with Gasteiger partial charge in [0.15, 0.2) is 5.69 Å². The number of nitrogens with two attached hydrogens (primary N) is 1.